The Morgan fingerprint density at radius 2 is 2.12 bits per heavy atom. The summed E-state index contributed by atoms with van der Waals surface area (Å²) < 4.78 is 0. The molecule has 0 atom stereocenters. The molecule has 1 saturated heterocycles. The first-order valence-electron chi connectivity index (χ1n) is 5.62. The van der Waals surface area contributed by atoms with Crippen LogP contribution in [0.2, 0.25) is 5.28 Å². The van der Waals surface area contributed by atoms with Crippen molar-refractivity contribution in [3.05, 3.63) is 17.5 Å². The average molecular weight is 252 g/mol. The average Bonchev–Trinajstić information content (AvgIpc) is 2.37. The van der Waals surface area contributed by atoms with Crippen LogP contribution in [-0.4, -0.2) is 47.6 Å². The summed E-state index contributed by atoms with van der Waals surface area (Å²) in [6, 6.07) is 4.04. The predicted octanol–water partition coefficient (Wildman–Crippen LogP) is 1.17. The Morgan fingerprint density at radius 3 is 2.76 bits per heavy atom. The SMILES string of the molecule is N#CCCN1CCN(c2ccnc(Cl)n2)CC1. The van der Waals surface area contributed by atoms with Crippen LogP contribution in [0, 0.1) is 11.3 Å². The second-order valence-corrected chi connectivity index (χ2v) is 4.26. The Balaban J connectivity index is 1.89. The van der Waals surface area contributed by atoms with Crippen molar-refractivity contribution in [2.24, 2.45) is 0 Å². The zero-order chi connectivity index (χ0) is 12.1. The number of hydrogen-bond acceptors (Lipinski definition) is 5. The van der Waals surface area contributed by atoms with Gasteiger partial charge >= 0.3 is 0 Å². The van der Waals surface area contributed by atoms with Gasteiger partial charge in [0.2, 0.25) is 5.28 Å². The fourth-order valence-electron chi connectivity index (χ4n) is 1.91. The monoisotopic (exact) mass is 251 g/mol. The highest BCUT2D eigenvalue weighted by molar-refractivity contribution is 6.28. The third-order valence-corrected chi connectivity index (χ3v) is 3.03. The van der Waals surface area contributed by atoms with E-state index < -0.39 is 0 Å². The summed E-state index contributed by atoms with van der Waals surface area (Å²) in [4.78, 5) is 12.5. The summed E-state index contributed by atoms with van der Waals surface area (Å²) in [7, 11) is 0. The number of piperazine rings is 1. The maximum atomic E-state index is 8.54. The Hall–Kier alpha value is -1.38. The van der Waals surface area contributed by atoms with Gasteiger partial charge in [0.25, 0.3) is 0 Å². The van der Waals surface area contributed by atoms with Gasteiger partial charge in [0.05, 0.1) is 6.07 Å². The van der Waals surface area contributed by atoms with Gasteiger partial charge in [-0.05, 0) is 17.7 Å². The lowest BCUT2D eigenvalue weighted by atomic mass is 10.3. The number of halogens is 1. The van der Waals surface area contributed by atoms with Gasteiger partial charge in [-0.2, -0.15) is 5.26 Å². The molecule has 0 spiro atoms. The molecule has 1 aliphatic heterocycles. The van der Waals surface area contributed by atoms with E-state index in [0.29, 0.717) is 6.42 Å². The third-order valence-electron chi connectivity index (χ3n) is 2.85. The Bertz CT molecular complexity index is 409. The molecule has 0 aliphatic carbocycles. The molecule has 17 heavy (non-hydrogen) atoms. The number of rotatable bonds is 3. The van der Waals surface area contributed by atoms with Gasteiger partial charge in [0, 0.05) is 45.3 Å². The van der Waals surface area contributed by atoms with Gasteiger partial charge in [0.15, 0.2) is 0 Å². The number of nitriles is 1. The lowest BCUT2D eigenvalue weighted by Gasteiger charge is -2.34. The number of aromatic nitrogens is 2. The van der Waals surface area contributed by atoms with Crippen molar-refractivity contribution in [1.82, 2.24) is 14.9 Å². The highest BCUT2D eigenvalue weighted by Gasteiger charge is 2.17. The van der Waals surface area contributed by atoms with E-state index in [1.54, 1.807) is 6.20 Å². The number of hydrogen-bond donors (Lipinski definition) is 0. The van der Waals surface area contributed by atoms with Gasteiger partial charge in [-0.25, -0.2) is 9.97 Å². The molecular weight excluding hydrogens is 238 g/mol. The normalized spacial score (nSPS) is 16.8. The first-order valence-corrected chi connectivity index (χ1v) is 6.00. The summed E-state index contributed by atoms with van der Waals surface area (Å²) in [6.45, 7) is 4.61. The third kappa shape index (κ3) is 3.29. The van der Waals surface area contributed by atoms with E-state index in [4.69, 9.17) is 16.9 Å². The van der Waals surface area contributed by atoms with Crippen LogP contribution in [-0.2, 0) is 0 Å². The lowest BCUT2D eigenvalue weighted by molar-refractivity contribution is 0.263. The van der Waals surface area contributed by atoms with Crippen molar-refractivity contribution in [2.75, 3.05) is 37.6 Å². The summed E-state index contributed by atoms with van der Waals surface area (Å²) in [5.41, 5.74) is 0. The van der Waals surface area contributed by atoms with E-state index in [0.717, 1.165) is 38.5 Å². The van der Waals surface area contributed by atoms with Gasteiger partial charge in [-0.15, -0.1) is 0 Å². The van der Waals surface area contributed by atoms with Crippen LogP contribution in [0.15, 0.2) is 12.3 Å². The molecule has 5 nitrogen and oxygen atoms in total. The molecule has 1 fully saturated rings. The lowest BCUT2D eigenvalue weighted by Crippen LogP contribution is -2.46. The molecule has 0 saturated carbocycles. The molecule has 1 aromatic heterocycles. The minimum absolute atomic E-state index is 0.286. The Labute approximate surface area is 106 Å². The molecule has 0 radical (unpaired) electrons. The molecule has 0 aromatic carbocycles. The number of anilines is 1. The topological polar surface area (TPSA) is 56.1 Å². The van der Waals surface area contributed by atoms with Gasteiger partial charge < -0.3 is 4.90 Å². The molecule has 0 amide bonds. The molecule has 2 heterocycles. The van der Waals surface area contributed by atoms with Gasteiger partial charge in [0.1, 0.15) is 5.82 Å². The Kier molecular flexibility index (Phi) is 4.13. The zero-order valence-electron chi connectivity index (χ0n) is 9.51. The van der Waals surface area contributed by atoms with Crippen LogP contribution < -0.4 is 4.90 Å². The molecular formula is C11H14ClN5. The van der Waals surface area contributed by atoms with Crippen molar-refractivity contribution in [1.29, 1.82) is 5.26 Å². The molecule has 90 valence electrons. The fourth-order valence-corrected chi connectivity index (χ4v) is 2.05. The van der Waals surface area contributed by atoms with Gasteiger partial charge in [-0.3, -0.25) is 4.90 Å². The highest BCUT2D eigenvalue weighted by atomic mass is 35.5. The fraction of sp³-hybridized carbons (Fsp3) is 0.545. The van der Waals surface area contributed by atoms with Crippen molar-refractivity contribution >= 4 is 17.4 Å². The quantitative estimate of drug-likeness (QED) is 0.755. The zero-order valence-corrected chi connectivity index (χ0v) is 10.3. The second kappa shape index (κ2) is 5.80. The highest BCUT2D eigenvalue weighted by Crippen LogP contribution is 2.14. The van der Waals surface area contributed by atoms with Crippen LogP contribution in [0.3, 0.4) is 0 Å². The minimum Gasteiger partial charge on any atom is -0.354 e. The smallest absolute Gasteiger partial charge is 0.224 e. The summed E-state index contributed by atoms with van der Waals surface area (Å²) >= 11 is 5.77. The molecule has 6 heteroatoms. The van der Waals surface area contributed by atoms with Crippen LogP contribution in [0.25, 0.3) is 0 Å². The maximum Gasteiger partial charge on any atom is 0.224 e. The largest absolute Gasteiger partial charge is 0.354 e. The van der Waals surface area contributed by atoms with Crippen LogP contribution >= 0.6 is 11.6 Å². The van der Waals surface area contributed by atoms with Crippen molar-refractivity contribution in [2.45, 2.75) is 6.42 Å². The van der Waals surface area contributed by atoms with Crippen molar-refractivity contribution < 1.29 is 0 Å². The van der Waals surface area contributed by atoms with E-state index in [9.17, 15) is 0 Å². The van der Waals surface area contributed by atoms with Crippen LogP contribution in [0.5, 0.6) is 0 Å². The molecule has 0 unspecified atom stereocenters. The standard InChI is InChI=1S/C11H14ClN5/c12-11-14-4-2-10(15-11)17-8-6-16(7-9-17)5-1-3-13/h2,4H,1,5-9H2. The second-order valence-electron chi connectivity index (χ2n) is 3.92. The van der Waals surface area contributed by atoms with Crippen LogP contribution in [0.4, 0.5) is 5.82 Å². The van der Waals surface area contributed by atoms with Gasteiger partial charge in [-0.1, -0.05) is 0 Å². The molecule has 0 bridgehead atoms. The van der Waals surface area contributed by atoms with Crippen molar-refractivity contribution in [3.63, 3.8) is 0 Å². The van der Waals surface area contributed by atoms with E-state index in [2.05, 4.69) is 25.8 Å². The Morgan fingerprint density at radius 1 is 1.35 bits per heavy atom. The van der Waals surface area contributed by atoms with Crippen LogP contribution in [0.1, 0.15) is 6.42 Å². The first kappa shape index (κ1) is 12.1. The molecule has 0 N–H and O–H groups in total. The predicted molar refractivity (Wildman–Crippen MR) is 65.9 cm³/mol. The number of nitrogens with zero attached hydrogens (tertiary/aromatic N) is 5. The summed E-state index contributed by atoms with van der Waals surface area (Å²) in [6.07, 6.45) is 2.27. The van der Waals surface area contributed by atoms with E-state index in [1.807, 2.05) is 6.07 Å². The van der Waals surface area contributed by atoms with E-state index in [1.165, 1.54) is 0 Å². The molecule has 1 aliphatic rings. The first-order chi connectivity index (χ1) is 8.29. The molecule has 1 aromatic rings. The van der Waals surface area contributed by atoms with E-state index in [-0.39, 0.29) is 5.28 Å². The summed E-state index contributed by atoms with van der Waals surface area (Å²) in [5.74, 6) is 0.880. The summed E-state index contributed by atoms with van der Waals surface area (Å²) in [5, 5.41) is 8.83. The maximum absolute atomic E-state index is 8.54. The van der Waals surface area contributed by atoms with Crippen molar-refractivity contribution in [3.8, 4) is 6.07 Å². The van der Waals surface area contributed by atoms with E-state index >= 15 is 0 Å². The molecule has 2 rings (SSSR count). The minimum atomic E-state index is 0.286.